The van der Waals surface area contributed by atoms with Crippen molar-refractivity contribution >= 4 is 53.4 Å². The third-order valence-corrected chi connectivity index (χ3v) is 10.6. The molecule has 234 valence electrons. The Balaban J connectivity index is 1.20. The number of furan rings is 1. The standard InChI is InChI=1S/C45H27N3OS/c1-3-12-28(13-4-1)29-22-24-31(25-23-29)44-46-43(30-14-5-2-6-15-30)47-45(48-44)37-27-26-33(41-40(37)36-17-7-9-20-38(36)49-41)35-19-11-18-34-32-16-8-10-21-39(32)50-42(34)35/h1-27H. The van der Waals surface area contributed by atoms with E-state index < -0.39 is 0 Å². The third kappa shape index (κ3) is 4.71. The van der Waals surface area contributed by atoms with Crippen LogP contribution in [0.1, 0.15) is 0 Å². The maximum Gasteiger partial charge on any atom is 0.164 e. The second-order valence-corrected chi connectivity index (χ2v) is 13.4. The molecule has 0 spiro atoms. The summed E-state index contributed by atoms with van der Waals surface area (Å²) in [6.07, 6.45) is 0. The maximum atomic E-state index is 6.74. The summed E-state index contributed by atoms with van der Waals surface area (Å²) < 4.78 is 9.26. The van der Waals surface area contributed by atoms with Gasteiger partial charge in [-0.25, -0.2) is 15.0 Å². The highest BCUT2D eigenvalue weighted by molar-refractivity contribution is 7.26. The number of hydrogen-bond donors (Lipinski definition) is 0. The highest BCUT2D eigenvalue weighted by atomic mass is 32.1. The molecular weight excluding hydrogens is 631 g/mol. The topological polar surface area (TPSA) is 51.8 Å². The van der Waals surface area contributed by atoms with Crippen LogP contribution >= 0.6 is 11.3 Å². The van der Waals surface area contributed by atoms with Gasteiger partial charge in [0.1, 0.15) is 11.2 Å². The Morgan fingerprint density at radius 3 is 1.72 bits per heavy atom. The number of thiophene rings is 1. The molecule has 50 heavy (non-hydrogen) atoms. The summed E-state index contributed by atoms with van der Waals surface area (Å²) in [5.74, 6) is 1.84. The Hall–Kier alpha value is -6.43. The molecule has 5 heteroatoms. The molecule has 0 aliphatic carbocycles. The van der Waals surface area contributed by atoms with E-state index in [0.29, 0.717) is 17.5 Å². The molecule has 0 saturated heterocycles. The van der Waals surface area contributed by atoms with Gasteiger partial charge in [0.2, 0.25) is 0 Å². The summed E-state index contributed by atoms with van der Waals surface area (Å²) in [6, 6.07) is 56.7. The van der Waals surface area contributed by atoms with Gasteiger partial charge in [-0.15, -0.1) is 11.3 Å². The van der Waals surface area contributed by atoms with E-state index in [9.17, 15) is 0 Å². The summed E-state index contributed by atoms with van der Waals surface area (Å²) in [6.45, 7) is 0. The molecule has 0 aliphatic rings. The molecule has 0 radical (unpaired) electrons. The first-order valence-electron chi connectivity index (χ1n) is 16.6. The molecule has 0 unspecified atom stereocenters. The van der Waals surface area contributed by atoms with E-state index in [0.717, 1.165) is 55.3 Å². The van der Waals surface area contributed by atoms with Crippen LogP contribution < -0.4 is 0 Å². The van der Waals surface area contributed by atoms with Gasteiger partial charge in [-0.2, -0.15) is 0 Å². The van der Waals surface area contributed by atoms with Gasteiger partial charge in [0.15, 0.2) is 17.5 Å². The minimum Gasteiger partial charge on any atom is -0.455 e. The quantitative estimate of drug-likeness (QED) is 0.185. The molecular formula is C45H27N3OS. The largest absolute Gasteiger partial charge is 0.455 e. The van der Waals surface area contributed by atoms with Gasteiger partial charge in [-0.3, -0.25) is 0 Å². The number of hydrogen-bond acceptors (Lipinski definition) is 5. The van der Waals surface area contributed by atoms with Gasteiger partial charge in [0, 0.05) is 58.8 Å². The van der Waals surface area contributed by atoms with Crippen LogP contribution in [-0.2, 0) is 0 Å². The van der Waals surface area contributed by atoms with Crippen molar-refractivity contribution in [3.63, 3.8) is 0 Å². The van der Waals surface area contributed by atoms with E-state index in [1.807, 2.05) is 59.9 Å². The molecule has 0 N–H and O–H groups in total. The molecule has 10 rings (SSSR count). The molecule has 4 nitrogen and oxygen atoms in total. The fourth-order valence-electron chi connectivity index (χ4n) is 6.97. The highest BCUT2D eigenvalue weighted by Crippen LogP contribution is 2.45. The zero-order valence-electron chi connectivity index (χ0n) is 26.7. The Morgan fingerprint density at radius 2 is 0.940 bits per heavy atom. The number of para-hydroxylation sites is 1. The average Bonchev–Trinajstić information content (AvgIpc) is 3.78. The van der Waals surface area contributed by atoms with Crippen LogP contribution in [0.5, 0.6) is 0 Å². The minimum absolute atomic E-state index is 0.601. The van der Waals surface area contributed by atoms with E-state index in [4.69, 9.17) is 19.4 Å². The summed E-state index contributed by atoms with van der Waals surface area (Å²) in [7, 11) is 0. The first-order chi connectivity index (χ1) is 24.8. The van der Waals surface area contributed by atoms with Crippen LogP contribution in [0.4, 0.5) is 0 Å². The lowest BCUT2D eigenvalue weighted by atomic mass is 9.97. The smallest absolute Gasteiger partial charge is 0.164 e. The predicted molar refractivity (Wildman–Crippen MR) is 207 cm³/mol. The Labute approximate surface area is 292 Å². The lowest BCUT2D eigenvalue weighted by Gasteiger charge is -2.11. The molecule has 0 atom stereocenters. The van der Waals surface area contributed by atoms with Crippen molar-refractivity contribution < 1.29 is 4.42 Å². The second-order valence-electron chi connectivity index (χ2n) is 12.4. The molecule has 0 bridgehead atoms. The van der Waals surface area contributed by atoms with Gasteiger partial charge in [0.05, 0.1) is 0 Å². The summed E-state index contributed by atoms with van der Waals surface area (Å²) in [4.78, 5) is 15.3. The van der Waals surface area contributed by atoms with E-state index in [-0.39, 0.29) is 0 Å². The summed E-state index contributed by atoms with van der Waals surface area (Å²) in [5.41, 5.74) is 8.91. The average molecular weight is 658 g/mol. The van der Waals surface area contributed by atoms with Gasteiger partial charge in [0.25, 0.3) is 0 Å². The maximum absolute atomic E-state index is 6.74. The fraction of sp³-hybridized carbons (Fsp3) is 0. The molecule has 3 aromatic heterocycles. The van der Waals surface area contributed by atoms with Crippen molar-refractivity contribution in [2.45, 2.75) is 0 Å². The van der Waals surface area contributed by atoms with E-state index in [1.54, 1.807) is 0 Å². The van der Waals surface area contributed by atoms with Crippen molar-refractivity contribution in [1.29, 1.82) is 0 Å². The van der Waals surface area contributed by atoms with Crippen molar-refractivity contribution in [1.82, 2.24) is 15.0 Å². The van der Waals surface area contributed by atoms with Crippen LogP contribution in [0.15, 0.2) is 168 Å². The fourth-order valence-corrected chi connectivity index (χ4v) is 8.20. The monoisotopic (exact) mass is 657 g/mol. The van der Waals surface area contributed by atoms with Gasteiger partial charge >= 0.3 is 0 Å². The van der Waals surface area contributed by atoms with Crippen LogP contribution in [0.3, 0.4) is 0 Å². The number of fused-ring (bicyclic) bond motifs is 6. The van der Waals surface area contributed by atoms with Crippen LogP contribution in [0, 0.1) is 0 Å². The van der Waals surface area contributed by atoms with Crippen molar-refractivity contribution in [3.8, 4) is 56.4 Å². The Kier molecular flexibility index (Phi) is 6.64. The zero-order chi connectivity index (χ0) is 33.0. The number of rotatable bonds is 5. The van der Waals surface area contributed by atoms with Crippen LogP contribution in [0.2, 0.25) is 0 Å². The van der Waals surface area contributed by atoms with Gasteiger partial charge in [-0.05, 0) is 35.4 Å². The molecule has 3 heterocycles. The molecule has 0 saturated carbocycles. The van der Waals surface area contributed by atoms with Crippen molar-refractivity contribution in [3.05, 3.63) is 164 Å². The molecule has 10 aromatic rings. The Morgan fingerprint density at radius 1 is 0.380 bits per heavy atom. The van der Waals surface area contributed by atoms with E-state index in [1.165, 1.54) is 25.7 Å². The highest BCUT2D eigenvalue weighted by Gasteiger charge is 2.22. The summed E-state index contributed by atoms with van der Waals surface area (Å²) >= 11 is 1.82. The number of aromatic nitrogens is 3. The third-order valence-electron chi connectivity index (χ3n) is 9.38. The molecule has 7 aromatic carbocycles. The van der Waals surface area contributed by atoms with Crippen LogP contribution in [-0.4, -0.2) is 15.0 Å². The molecule has 0 fully saturated rings. The van der Waals surface area contributed by atoms with Gasteiger partial charge < -0.3 is 4.42 Å². The predicted octanol–water partition coefficient (Wildman–Crippen LogP) is 12.5. The second kappa shape index (κ2) is 11.6. The minimum atomic E-state index is 0.601. The van der Waals surface area contributed by atoms with Gasteiger partial charge in [-0.1, -0.05) is 140 Å². The molecule has 0 aliphatic heterocycles. The van der Waals surface area contributed by atoms with E-state index in [2.05, 4.69) is 115 Å². The summed E-state index contributed by atoms with van der Waals surface area (Å²) in [5, 5.41) is 4.55. The normalized spacial score (nSPS) is 11.6. The van der Waals surface area contributed by atoms with Crippen molar-refractivity contribution in [2.24, 2.45) is 0 Å². The molecule has 0 amide bonds. The lowest BCUT2D eigenvalue weighted by Crippen LogP contribution is -2.00. The number of nitrogens with zero attached hydrogens (tertiary/aromatic N) is 3. The van der Waals surface area contributed by atoms with Crippen LogP contribution in [0.25, 0.3) is 98.5 Å². The van der Waals surface area contributed by atoms with Crippen molar-refractivity contribution in [2.75, 3.05) is 0 Å². The lowest BCUT2D eigenvalue weighted by molar-refractivity contribution is 0.670. The SMILES string of the molecule is c1ccc(-c2ccc(-c3nc(-c4ccccc4)nc(-c4ccc(-c5cccc6c5sc5ccccc56)c5oc6ccccc6c45)n3)cc2)cc1. The first-order valence-corrected chi connectivity index (χ1v) is 17.4. The zero-order valence-corrected chi connectivity index (χ0v) is 27.6. The Bertz CT molecular complexity index is 2860. The number of benzene rings is 7. The first kappa shape index (κ1) is 28.6. The van der Waals surface area contributed by atoms with E-state index >= 15 is 0 Å².